The molecule has 0 aliphatic heterocycles. The SMILES string of the molecule is CSCC[C@H](NC(=O)CN)C(=O)N[C@@H](CCCCN)C(=O)O. The highest BCUT2D eigenvalue weighted by molar-refractivity contribution is 7.98. The summed E-state index contributed by atoms with van der Waals surface area (Å²) in [6.07, 6.45) is 3.90. The van der Waals surface area contributed by atoms with E-state index in [0.717, 1.165) is 0 Å². The molecule has 0 heterocycles. The lowest BCUT2D eigenvalue weighted by Crippen LogP contribution is -2.52. The number of hydrogen-bond donors (Lipinski definition) is 5. The summed E-state index contributed by atoms with van der Waals surface area (Å²) in [6, 6.07) is -1.76. The topological polar surface area (TPSA) is 148 Å². The van der Waals surface area contributed by atoms with E-state index in [-0.39, 0.29) is 6.54 Å². The normalized spacial score (nSPS) is 13.2. The molecule has 0 aliphatic carbocycles. The van der Waals surface area contributed by atoms with Gasteiger partial charge in [-0.3, -0.25) is 9.59 Å². The van der Waals surface area contributed by atoms with Crippen LogP contribution in [-0.4, -0.2) is 60.1 Å². The van der Waals surface area contributed by atoms with E-state index >= 15 is 0 Å². The monoisotopic (exact) mass is 334 g/mol. The number of nitrogens with one attached hydrogen (secondary N) is 2. The van der Waals surface area contributed by atoms with Gasteiger partial charge in [-0.1, -0.05) is 0 Å². The van der Waals surface area contributed by atoms with Crippen LogP contribution in [0.5, 0.6) is 0 Å². The second kappa shape index (κ2) is 12.2. The fraction of sp³-hybridized carbons (Fsp3) is 0.769. The van der Waals surface area contributed by atoms with Gasteiger partial charge in [0.05, 0.1) is 6.54 Å². The zero-order valence-electron chi connectivity index (χ0n) is 12.8. The van der Waals surface area contributed by atoms with Crippen LogP contribution < -0.4 is 22.1 Å². The van der Waals surface area contributed by atoms with Crippen molar-refractivity contribution >= 4 is 29.5 Å². The van der Waals surface area contributed by atoms with Crippen molar-refractivity contribution < 1.29 is 19.5 Å². The summed E-state index contributed by atoms with van der Waals surface area (Å²) in [5.74, 6) is -1.39. The molecule has 2 amide bonds. The van der Waals surface area contributed by atoms with Crippen LogP contribution in [0, 0.1) is 0 Å². The number of nitrogens with two attached hydrogens (primary N) is 2. The van der Waals surface area contributed by atoms with Gasteiger partial charge in [0.15, 0.2) is 0 Å². The van der Waals surface area contributed by atoms with Crippen LogP contribution in [0.25, 0.3) is 0 Å². The molecule has 2 atom stereocenters. The van der Waals surface area contributed by atoms with E-state index in [1.807, 2.05) is 6.26 Å². The minimum absolute atomic E-state index is 0.220. The Morgan fingerprint density at radius 3 is 2.27 bits per heavy atom. The third-order valence-electron chi connectivity index (χ3n) is 3.01. The molecule has 7 N–H and O–H groups in total. The summed E-state index contributed by atoms with van der Waals surface area (Å²) < 4.78 is 0. The second-order valence-corrected chi connectivity index (χ2v) is 5.78. The Labute approximate surface area is 134 Å². The van der Waals surface area contributed by atoms with Crippen LogP contribution in [-0.2, 0) is 14.4 Å². The van der Waals surface area contributed by atoms with Gasteiger partial charge in [-0.15, -0.1) is 0 Å². The fourth-order valence-corrected chi connectivity index (χ4v) is 2.25. The molecule has 8 nitrogen and oxygen atoms in total. The summed E-state index contributed by atoms with van der Waals surface area (Å²) in [7, 11) is 0. The van der Waals surface area contributed by atoms with Gasteiger partial charge in [0, 0.05) is 0 Å². The van der Waals surface area contributed by atoms with Crippen molar-refractivity contribution in [2.75, 3.05) is 25.1 Å². The molecule has 0 radical (unpaired) electrons. The van der Waals surface area contributed by atoms with Crippen LogP contribution in [0.2, 0.25) is 0 Å². The predicted octanol–water partition coefficient (Wildman–Crippen LogP) is -1.12. The number of unbranched alkanes of at least 4 members (excludes halogenated alkanes) is 1. The second-order valence-electron chi connectivity index (χ2n) is 4.79. The summed E-state index contributed by atoms with van der Waals surface area (Å²) in [6.45, 7) is 0.255. The lowest BCUT2D eigenvalue weighted by molar-refractivity contribution is -0.142. The Hall–Kier alpha value is -1.32. The molecular formula is C13H26N4O4S. The number of carboxylic acid groups (broad SMARTS) is 1. The maximum absolute atomic E-state index is 12.2. The number of rotatable bonds is 12. The fourth-order valence-electron chi connectivity index (χ4n) is 1.78. The van der Waals surface area contributed by atoms with E-state index in [1.54, 1.807) is 0 Å². The predicted molar refractivity (Wildman–Crippen MR) is 86.5 cm³/mol. The molecule has 0 saturated carbocycles. The lowest BCUT2D eigenvalue weighted by Gasteiger charge is -2.21. The van der Waals surface area contributed by atoms with Crippen molar-refractivity contribution in [3.05, 3.63) is 0 Å². The molecule has 22 heavy (non-hydrogen) atoms. The van der Waals surface area contributed by atoms with Gasteiger partial charge < -0.3 is 27.2 Å². The first-order chi connectivity index (χ1) is 10.5. The van der Waals surface area contributed by atoms with Crippen LogP contribution in [0.1, 0.15) is 25.7 Å². The van der Waals surface area contributed by atoms with Crippen LogP contribution in [0.3, 0.4) is 0 Å². The zero-order chi connectivity index (χ0) is 17.0. The first kappa shape index (κ1) is 20.7. The van der Waals surface area contributed by atoms with E-state index in [2.05, 4.69) is 10.6 Å². The van der Waals surface area contributed by atoms with Crippen molar-refractivity contribution in [3.8, 4) is 0 Å². The van der Waals surface area contributed by atoms with E-state index < -0.39 is 29.9 Å². The van der Waals surface area contributed by atoms with Crippen molar-refractivity contribution in [1.82, 2.24) is 10.6 Å². The van der Waals surface area contributed by atoms with Crippen molar-refractivity contribution in [3.63, 3.8) is 0 Å². The Morgan fingerprint density at radius 2 is 1.77 bits per heavy atom. The quantitative estimate of drug-likeness (QED) is 0.284. The molecule has 0 saturated heterocycles. The average molecular weight is 334 g/mol. The summed E-state index contributed by atoms with van der Waals surface area (Å²) in [5.41, 5.74) is 10.6. The van der Waals surface area contributed by atoms with Gasteiger partial charge in [-0.2, -0.15) is 11.8 Å². The van der Waals surface area contributed by atoms with Crippen molar-refractivity contribution in [1.29, 1.82) is 0 Å². The molecule has 0 aromatic heterocycles. The van der Waals surface area contributed by atoms with Crippen molar-refractivity contribution in [2.45, 2.75) is 37.8 Å². The van der Waals surface area contributed by atoms with E-state index in [0.29, 0.717) is 38.0 Å². The molecule has 0 rings (SSSR count). The zero-order valence-corrected chi connectivity index (χ0v) is 13.7. The van der Waals surface area contributed by atoms with E-state index in [4.69, 9.17) is 16.6 Å². The summed E-state index contributed by atoms with van der Waals surface area (Å²) in [5, 5.41) is 14.1. The Bertz CT molecular complexity index is 368. The maximum Gasteiger partial charge on any atom is 0.326 e. The Kier molecular flexibility index (Phi) is 11.5. The smallest absolute Gasteiger partial charge is 0.326 e. The largest absolute Gasteiger partial charge is 0.480 e. The average Bonchev–Trinajstić information content (AvgIpc) is 2.49. The molecule has 128 valence electrons. The number of amides is 2. The molecule has 0 aromatic rings. The highest BCUT2D eigenvalue weighted by atomic mass is 32.2. The maximum atomic E-state index is 12.2. The third kappa shape index (κ3) is 8.85. The van der Waals surface area contributed by atoms with Crippen LogP contribution >= 0.6 is 11.8 Å². The minimum atomic E-state index is -1.10. The third-order valence-corrected chi connectivity index (χ3v) is 3.65. The molecule has 9 heteroatoms. The molecule has 0 bridgehead atoms. The summed E-state index contributed by atoms with van der Waals surface area (Å²) >= 11 is 1.53. The van der Waals surface area contributed by atoms with Crippen LogP contribution in [0.15, 0.2) is 0 Å². The van der Waals surface area contributed by atoms with Gasteiger partial charge in [-0.05, 0) is 44.2 Å². The highest BCUT2D eigenvalue weighted by Gasteiger charge is 2.25. The summed E-state index contributed by atoms with van der Waals surface area (Å²) in [4.78, 5) is 34.7. The van der Waals surface area contributed by atoms with Gasteiger partial charge in [0.25, 0.3) is 0 Å². The Morgan fingerprint density at radius 1 is 1.09 bits per heavy atom. The van der Waals surface area contributed by atoms with Crippen molar-refractivity contribution in [2.24, 2.45) is 11.5 Å². The molecule has 0 fully saturated rings. The van der Waals surface area contributed by atoms with Gasteiger partial charge in [0.2, 0.25) is 11.8 Å². The van der Waals surface area contributed by atoms with E-state index in [1.165, 1.54) is 11.8 Å². The lowest BCUT2D eigenvalue weighted by atomic mass is 10.1. The molecular weight excluding hydrogens is 308 g/mol. The molecule has 0 unspecified atom stereocenters. The first-order valence-electron chi connectivity index (χ1n) is 7.17. The highest BCUT2D eigenvalue weighted by Crippen LogP contribution is 2.05. The standard InChI is InChI=1S/C13H26N4O4S/c1-22-7-5-9(16-11(18)8-15)12(19)17-10(13(20)21)4-2-3-6-14/h9-10H,2-8,14-15H2,1H3,(H,16,18)(H,17,19)(H,20,21)/t9-,10-/m0/s1. The number of thioether (sulfide) groups is 1. The minimum Gasteiger partial charge on any atom is -0.480 e. The molecule has 0 aliphatic rings. The molecule has 0 spiro atoms. The first-order valence-corrected chi connectivity index (χ1v) is 8.57. The van der Waals surface area contributed by atoms with Crippen LogP contribution in [0.4, 0.5) is 0 Å². The number of hydrogen-bond acceptors (Lipinski definition) is 6. The van der Waals surface area contributed by atoms with E-state index in [9.17, 15) is 14.4 Å². The number of carboxylic acids is 1. The number of carbonyl (C=O) groups excluding carboxylic acids is 2. The number of aliphatic carboxylic acids is 1. The van der Waals surface area contributed by atoms with Gasteiger partial charge in [0.1, 0.15) is 12.1 Å². The number of carbonyl (C=O) groups is 3. The van der Waals surface area contributed by atoms with Gasteiger partial charge in [-0.25, -0.2) is 4.79 Å². The van der Waals surface area contributed by atoms with Gasteiger partial charge >= 0.3 is 5.97 Å². The molecule has 0 aromatic carbocycles. The Balaban J connectivity index is 4.65.